The molecule has 1 aromatic heterocycles. The van der Waals surface area contributed by atoms with Crippen LogP contribution in [0.5, 0.6) is 5.75 Å². The van der Waals surface area contributed by atoms with Crippen LogP contribution >= 0.6 is 0 Å². The number of nitrogens with zero attached hydrogens (tertiary/aromatic N) is 3. The van der Waals surface area contributed by atoms with Crippen molar-refractivity contribution in [1.82, 2.24) is 9.78 Å². The molecule has 2 rings (SSSR count). The summed E-state index contributed by atoms with van der Waals surface area (Å²) >= 11 is 0. The topological polar surface area (TPSA) is 99.3 Å². The Morgan fingerprint density at radius 1 is 1.48 bits per heavy atom. The summed E-state index contributed by atoms with van der Waals surface area (Å²) in [5, 5.41) is 17.5. The minimum atomic E-state index is -0.528. The number of nitro groups is 1. The number of rotatable bonds is 4. The first kappa shape index (κ1) is 14.5. The number of non-ortho nitro benzene ring substituents is 1. The molecule has 1 N–H and O–H groups in total. The molecule has 21 heavy (non-hydrogen) atoms. The number of hydrogen-bond acceptors (Lipinski definition) is 5. The largest absolute Gasteiger partial charge is 0.494 e. The predicted molar refractivity (Wildman–Crippen MR) is 75.5 cm³/mol. The van der Waals surface area contributed by atoms with E-state index in [-0.39, 0.29) is 17.3 Å². The Kier molecular flexibility index (Phi) is 3.88. The van der Waals surface area contributed by atoms with Crippen molar-refractivity contribution >= 4 is 17.3 Å². The van der Waals surface area contributed by atoms with E-state index in [0.29, 0.717) is 16.9 Å². The zero-order chi connectivity index (χ0) is 15.6. The Bertz CT molecular complexity index is 708. The summed E-state index contributed by atoms with van der Waals surface area (Å²) in [5.74, 6) is -0.133. The Morgan fingerprint density at radius 2 is 2.19 bits per heavy atom. The first-order chi connectivity index (χ1) is 9.92. The van der Waals surface area contributed by atoms with Crippen molar-refractivity contribution in [3.05, 3.63) is 45.8 Å². The number of carbonyl (C=O) groups is 1. The van der Waals surface area contributed by atoms with E-state index in [1.54, 1.807) is 20.2 Å². The third kappa shape index (κ3) is 2.99. The second-order valence-corrected chi connectivity index (χ2v) is 4.40. The van der Waals surface area contributed by atoms with Gasteiger partial charge in [-0.3, -0.25) is 19.6 Å². The molecule has 8 heteroatoms. The number of amides is 1. The Labute approximate surface area is 120 Å². The van der Waals surface area contributed by atoms with Gasteiger partial charge in [0.25, 0.3) is 11.6 Å². The van der Waals surface area contributed by atoms with E-state index in [1.807, 2.05) is 0 Å². The van der Waals surface area contributed by atoms with E-state index in [4.69, 9.17) is 4.74 Å². The van der Waals surface area contributed by atoms with E-state index in [1.165, 1.54) is 30.0 Å². The zero-order valence-electron chi connectivity index (χ0n) is 11.8. The van der Waals surface area contributed by atoms with Crippen molar-refractivity contribution in [1.29, 1.82) is 0 Å². The standard InChI is InChI=1S/C13H14N4O4/c1-8-10(7-16(2)15-8)13(18)14-11-5-4-9(17(19)20)6-12(11)21-3/h4-7H,1-3H3,(H,14,18). The van der Waals surface area contributed by atoms with Crippen LogP contribution in [0.2, 0.25) is 0 Å². The van der Waals surface area contributed by atoms with Crippen molar-refractivity contribution in [2.24, 2.45) is 7.05 Å². The third-order valence-electron chi connectivity index (χ3n) is 2.90. The first-order valence-electron chi connectivity index (χ1n) is 6.06. The molecule has 2 aromatic rings. The number of nitro benzene ring substituents is 1. The van der Waals surface area contributed by atoms with Gasteiger partial charge in [0.15, 0.2) is 0 Å². The van der Waals surface area contributed by atoms with Crippen molar-refractivity contribution < 1.29 is 14.5 Å². The SMILES string of the molecule is COc1cc([N+](=O)[O-])ccc1NC(=O)c1cn(C)nc1C. The Hall–Kier alpha value is -2.90. The van der Waals surface area contributed by atoms with E-state index < -0.39 is 4.92 Å². The van der Waals surface area contributed by atoms with Crippen molar-refractivity contribution in [3.8, 4) is 5.75 Å². The number of anilines is 1. The fourth-order valence-electron chi connectivity index (χ4n) is 1.91. The molecule has 0 radical (unpaired) electrons. The molecule has 1 amide bonds. The Balaban J connectivity index is 2.29. The summed E-state index contributed by atoms with van der Waals surface area (Å²) in [7, 11) is 3.10. The van der Waals surface area contributed by atoms with Gasteiger partial charge >= 0.3 is 0 Å². The molecule has 110 valence electrons. The molecule has 0 spiro atoms. The summed E-state index contributed by atoms with van der Waals surface area (Å²) < 4.78 is 6.61. The van der Waals surface area contributed by atoms with Crippen LogP contribution in [0.4, 0.5) is 11.4 Å². The van der Waals surface area contributed by atoms with Gasteiger partial charge in [0.05, 0.1) is 35.0 Å². The Morgan fingerprint density at radius 3 is 2.71 bits per heavy atom. The highest BCUT2D eigenvalue weighted by molar-refractivity contribution is 6.05. The quantitative estimate of drug-likeness (QED) is 0.684. The van der Waals surface area contributed by atoms with E-state index in [2.05, 4.69) is 10.4 Å². The van der Waals surface area contributed by atoms with Gasteiger partial charge in [0, 0.05) is 19.3 Å². The molecule has 0 aliphatic carbocycles. The molecule has 0 aliphatic rings. The number of carbonyl (C=O) groups excluding carboxylic acids is 1. The van der Waals surface area contributed by atoms with Crippen molar-refractivity contribution in [2.75, 3.05) is 12.4 Å². The average molecular weight is 290 g/mol. The van der Waals surface area contributed by atoms with Gasteiger partial charge in [0.2, 0.25) is 0 Å². The maximum absolute atomic E-state index is 12.2. The summed E-state index contributed by atoms with van der Waals surface area (Å²) in [6.45, 7) is 1.72. The molecular weight excluding hydrogens is 276 g/mol. The predicted octanol–water partition coefficient (Wildman–Crippen LogP) is 1.90. The van der Waals surface area contributed by atoms with Crippen LogP contribution in [0, 0.1) is 17.0 Å². The third-order valence-corrected chi connectivity index (χ3v) is 2.90. The minimum Gasteiger partial charge on any atom is -0.494 e. The van der Waals surface area contributed by atoms with Crippen LogP contribution in [0.25, 0.3) is 0 Å². The van der Waals surface area contributed by atoms with Gasteiger partial charge in [-0.25, -0.2) is 0 Å². The maximum Gasteiger partial charge on any atom is 0.273 e. The highest BCUT2D eigenvalue weighted by Gasteiger charge is 2.16. The number of hydrogen-bond donors (Lipinski definition) is 1. The maximum atomic E-state index is 12.2. The minimum absolute atomic E-state index is 0.109. The molecule has 0 saturated heterocycles. The monoisotopic (exact) mass is 290 g/mol. The number of methoxy groups -OCH3 is 1. The lowest BCUT2D eigenvalue weighted by Gasteiger charge is -2.09. The molecule has 0 unspecified atom stereocenters. The van der Waals surface area contributed by atoms with Gasteiger partial charge < -0.3 is 10.1 Å². The molecular formula is C13H14N4O4. The second-order valence-electron chi connectivity index (χ2n) is 4.40. The zero-order valence-corrected chi connectivity index (χ0v) is 11.8. The summed E-state index contributed by atoms with van der Waals surface area (Å²) in [5.41, 5.74) is 1.27. The van der Waals surface area contributed by atoms with Crippen LogP contribution in [-0.4, -0.2) is 27.7 Å². The van der Waals surface area contributed by atoms with Crippen LogP contribution < -0.4 is 10.1 Å². The van der Waals surface area contributed by atoms with E-state index >= 15 is 0 Å². The lowest BCUT2D eigenvalue weighted by molar-refractivity contribution is -0.384. The molecule has 0 saturated carbocycles. The van der Waals surface area contributed by atoms with Gasteiger partial charge in [-0.15, -0.1) is 0 Å². The van der Waals surface area contributed by atoms with Gasteiger partial charge in [0.1, 0.15) is 5.75 Å². The van der Waals surface area contributed by atoms with Crippen molar-refractivity contribution in [3.63, 3.8) is 0 Å². The number of aromatic nitrogens is 2. The lowest BCUT2D eigenvalue weighted by atomic mass is 10.2. The van der Waals surface area contributed by atoms with Crippen molar-refractivity contribution in [2.45, 2.75) is 6.92 Å². The molecule has 0 fully saturated rings. The second kappa shape index (κ2) is 5.61. The number of nitrogens with one attached hydrogen (secondary N) is 1. The fraction of sp³-hybridized carbons (Fsp3) is 0.231. The molecule has 1 aromatic carbocycles. The van der Waals surface area contributed by atoms with Gasteiger partial charge in [-0.05, 0) is 13.0 Å². The number of aryl methyl sites for hydroxylation is 2. The molecule has 8 nitrogen and oxygen atoms in total. The number of benzene rings is 1. The van der Waals surface area contributed by atoms with Crippen LogP contribution in [0.15, 0.2) is 24.4 Å². The van der Waals surface area contributed by atoms with E-state index in [9.17, 15) is 14.9 Å². The van der Waals surface area contributed by atoms with Crippen LogP contribution in [0.1, 0.15) is 16.1 Å². The average Bonchev–Trinajstić information content (AvgIpc) is 2.78. The van der Waals surface area contributed by atoms with E-state index in [0.717, 1.165) is 0 Å². The highest BCUT2D eigenvalue weighted by atomic mass is 16.6. The first-order valence-corrected chi connectivity index (χ1v) is 6.06. The van der Waals surface area contributed by atoms with Gasteiger partial charge in [-0.1, -0.05) is 0 Å². The fourth-order valence-corrected chi connectivity index (χ4v) is 1.91. The lowest BCUT2D eigenvalue weighted by Crippen LogP contribution is -2.13. The van der Waals surface area contributed by atoms with Gasteiger partial charge in [-0.2, -0.15) is 5.10 Å². The number of ether oxygens (including phenoxy) is 1. The van der Waals surface area contributed by atoms with Crippen LogP contribution in [0.3, 0.4) is 0 Å². The molecule has 0 aliphatic heterocycles. The van der Waals surface area contributed by atoms with Crippen LogP contribution in [-0.2, 0) is 7.05 Å². The normalized spacial score (nSPS) is 10.2. The smallest absolute Gasteiger partial charge is 0.273 e. The summed E-state index contributed by atoms with van der Waals surface area (Å²) in [4.78, 5) is 22.4. The molecule has 1 heterocycles. The molecule has 0 bridgehead atoms. The summed E-state index contributed by atoms with van der Waals surface area (Å²) in [6, 6.07) is 3.99. The highest BCUT2D eigenvalue weighted by Crippen LogP contribution is 2.29. The molecule has 0 atom stereocenters. The summed E-state index contributed by atoms with van der Waals surface area (Å²) in [6.07, 6.45) is 1.60.